The quantitative estimate of drug-likeness (QED) is 0.491. The van der Waals surface area contributed by atoms with Crippen LogP contribution in [0.4, 0.5) is 5.82 Å². The van der Waals surface area contributed by atoms with Crippen molar-refractivity contribution in [3.05, 3.63) is 48.2 Å². The van der Waals surface area contributed by atoms with Gasteiger partial charge in [0.2, 0.25) is 11.7 Å². The van der Waals surface area contributed by atoms with Gasteiger partial charge in [-0.2, -0.15) is 19.6 Å². The molecule has 10 nitrogen and oxygen atoms in total. The minimum Gasteiger partial charge on any atom is -0.497 e. The summed E-state index contributed by atoms with van der Waals surface area (Å²) in [5.74, 6) is 3.66. The van der Waals surface area contributed by atoms with Gasteiger partial charge in [0.15, 0.2) is 0 Å². The van der Waals surface area contributed by atoms with E-state index in [2.05, 4.69) is 41.1 Å². The smallest absolute Gasteiger partial charge is 0.254 e. The highest BCUT2D eigenvalue weighted by Crippen LogP contribution is 2.21. The molecular formula is C20H22N8O2. The number of anilines is 1. The van der Waals surface area contributed by atoms with Crippen molar-refractivity contribution in [3.8, 4) is 17.1 Å². The van der Waals surface area contributed by atoms with Gasteiger partial charge in [-0.15, -0.1) is 0 Å². The van der Waals surface area contributed by atoms with Crippen LogP contribution < -0.4 is 9.64 Å². The van der Waals surface area contributed by atoms with Crippen LogP contribution in [0.15, 0.2) is 41.2 Å². The molecule has 0 amide bonds. The maximum Gasteiger partial charge on any atom is 0.254 e. The third kappa shape index (κ3) is 3.57. The SMILES string of the molecule is COc1ccc(-c2noc(CN3CCN(c4cc(C)nc5ncnn45)CC3)n2)cc1. The Morgan fingerprint density at radius 2 is 1.87 bits per heavy atom. The van der Waals surface area contributed by atoms with Crippen LogP contribution in [0, 0.1) is 6.92 Å². The molecule has 0 spiro atoms. The zero-order valence-corrected chi connectivity index (χ0v) is 16.9. The predicted molar refractivity (Wildman–Crippen MR) is 109 cm³/mol. The molecule has 0 aliphatic carbocycles. The summed E-state index contributed by atoms with van der Waals surface area (Å²) in [6, 6.07) is 9.67. The van der Waals surface area contributed by atoms with Crippen molar-refractivity contribution in [1.29, 1.82) is 0 Å². The van der Waals surface area contributed by atoms with Crippen molar-refractivity contribution in [2.45, 2.75) is 13.5 Å². The number of hydrogen-bond acceptors (Lipinski definition) is 9. The van der Waals surface area contributed by atoms with Crippen molar-refractivity contribution >= 4 is 11.6 Å². The fourth-order valence-corrected chi connectivity index (χ4v) is 3.64. The van der Waals surface area contributed by atoms with E-state index in [0.717, 1.165) is 49.0 Å². The molecule has 0 saturated carbocycles. The number of hydrogen-bond donors (Lipinski definition) is 0. The summed E-state index contributed by atoms with van der Waals surface area (Å²) in [5, 5.41) is 8.43. The first-order chi connectivity index (χ1) is 14.7. The first-order valence-corrected chi connectivity index (χ1v) is 9.81. The topological polar surface area (TPSA) is 97.7 Å². The fraction of sp³-hybridized carbons (Fsp3) is 0.350. The van der Waals surface area contributed by atoms with Gasteiger partial charge >= 0.3 is 0 Å². The molecule has 0 bridgehead atoms. The highest BCUT2D eigenvalue weighted by Gasteiger charge is 2.22. The van der Waals surface area contributed by atoms with E-state index in [-0.39, 0.29) is 0 Å². The molecule has 0 atom stereocenters. The summed E-state index contributed by atoms with van der Waals surface area (Å²) in [5.41, 5.74) is 1.84. The van der Waals surface area contributed by atoms with Crippen molar-refractivity contribution in [3.63, 3.8) is 0 Å². The molecule has 0 unspecified atom stereocenters. The number of piperazine rings is 1. The molecule has 0 radical (unpaired) electrons. The van der Waals surface area contributed by atoms with Crippen LogP contribution in [0.25, 0.3) is 17.2 Å². The van der Waals surface area contributed by atoms with Crippen LogP contribution in [-0.4, -0.2) is 67.9 Å². The Labute approximate surface area is 173 Å². The lowest BCUT2D eigenvalue weighted by Crippen LogP contribution is -2.46. The maximum absolute atomic E-state index is 5.47. The van der Waals surface area contributed by atoms with E-state index in [1.807, 2.05) is 31.2 Å². The standard InChI is InChI=1S/C20H22N8O2/c1-14-11-18(28-20(23-14)21-13-22-28)27-9-7-26(8-10-27)12-17-24-19(25-30-17)15-3-5-16(29-2)6-4-15/h3-6,11,13H,7-10,12H2,1-2H3. The second-order valence-electron chi connectivity index (χ2n) is 7.23. The van der Waals surface area contributed by atoms with Crippen LogP contribution in [0.1, 0.15) is 11.6 Å². The molecule has 1 saturated heterocycles. The van der Waals surface area contributed by atoms with Gasteiger partial charge in [0, 0.05) is 43.5 Å². The highest BCUT2D eigenvalue weighted by atomic mass is 16.5. The molecule has 0 N–H and O–H groups in total. The first kappa shape index (κ1) is 18.5. The third-order valence-corrected chi connectivity index (χ3v) is 5.23. The fourth-order valence-electron chi connectivity index (χ4n) is 3.64. The van der Waals surface area contributed by atoms with E-state index < -0.39 is 0 Å². The first-order valence-electron chi connectivity index (χ1n) is 9.81. The van der Waals surface area contributed by atoms with E-state index in [1.165, 1.54) is 6.33 Å². The number of benzene rings is 1. The summed E-state index contributed by atoms with van der Waals surface area (Å²) in [6.07, 6.45) is 1.54. The van der Waals surface area contributed by atoms with Crippen LogP contribution in [0.3, 0.4) is 0 Å². The molecule has 154 valence electrons. The number of aromatic nitrogens is 6. The summed E-state index contributed by atoms with van der Waals surface area (Å²) in [4.78, 5) is 17.8. The Bertz CT molecular complexity index is 1150. The van der Waals surface area contributed by atoms with Crippen molar-refractivity contribution in [1.82, 2.24) is 34.6 Å². The van der Waals surface area contributed by atoms with Crippen molar-refractivity contribution in [2.24, 2.45) is 0 Å². The van der Waals surface area contributed by atoms with E-state index >= 15 is 0 Å². The van der Waals surface area contributed by atoms with Crippen LogP contribution in [0.2, 0.25) is 0 Å². The molecular weight excluding hydrogens is 384 g/mol. The van der Waals surface area contributed by atoms with E-state index in [9.17, 15) is 0 Å². The number of rotatable bonds is 5. The summed E-state index contributed by atoms with van der Waals surface area (Å²) in [6.45, 7) is 6.13. The predicted octanol–water partition coefficient (Wildman–Crippen LogP) is 1.81. The normalized spacial score (nSPS) is 15.1. The molecule has 1 aliphatic heterocycles. The Balaban J connectivity index is 1.23. The van der Waals surface area contributed by atoms with Gasteiger partial charge in [0.1, 0.15) is 17.9 Å². The van der Waals surface area contributed by atoms with Gasteiger partial charge < -0.3 is 14.2 Å². The van der Waals surface area contributed by atoms with Crippen LogP contribution in [-0.2, 0) is 6.54 Å². The minimum absolute atomic E-state index is 0.590. The average molecular weight is 406 g/mol. The molecule has 5 rings (SSSR count). The number of fused-ring (bicyclic) bond motifs is 1. The summed E-state index contributed by atoms with van der Waals surface area (Å²) < 4.78 is 12.5. The van der Waals surface area contributed by atoms with Crippen LogP contribution >= 0.6 is 0 Å². The highest BCUT2D eigenvalue weighted by molar-refractivity contribution is 5.55. The monoisotopic (exact) mass is 406 g/mol. The van der Waals surface area contributed by atoms with Crippen LogP contribution in [0.5, 0.6) is 5.75 Å². The molecule has 4 heterocycles. The Kier molecular flexibility index (Phi) is 4.75. The zero-order chi connectivity index (χ0) is 20.5. The summed E-state index contributed by atoms with van der Waals surface area (Å²) >= 11 is 0. The third-order valence-electron chi connectivity index (χ3n) is 5.23. The van der Waals surface area contributed by atoms with Gasteiger partial charge in [0.25, 0.3) is 5.78 Å². The van der Waals surface area contributed by atoms with Gasteiger partial charge in [-0.1, -0.05) is 5.16 Å². The Morgan fingerprint density at radius 1 is 1.07 bits per heavy atom. The number of methoxy groups -OCH3 is 1. The lowest BCUT2D eigenvalue weighted by molar-refractivity contribution is 0.215. The molecule has 1 fully saturated rings. The lowest BCUT2D eigenvalue weighted by atomic mass is 10.2. The van der Waals surface area contributed by atoms with Crippen molar-refractivity contribution in [2.75, 3.05) is 38.2 Å². The number of nitrogens with zero attached hydrogens (tertiary/aromatic N) is 8. The lowest BCUT2D eigenvalue weighted by Gasteiger charge is -2.35. The van der Waals surface area contributed by atoms with E-state index in [4.69, 9.17) is 9.26 Å². The van der Waals surface area contributed by atoms with Gasteiger partial charge in [-0.3, -0.25) is 4.90 Å². The van der Waals surface area contributed by atoms with E-state index in [1.54, 1.807) is 11.6 Å². The van der Waals surface area contributed by atoms with E-state index in [0.29, 0.717) is 24.0 Å². The molecule has 4 aromatic rings. The molecule has 1 aromatic carbocycles. The molecule has 10 heteroatoms. The largest absolute Gasteiger partial charge is 0.497 e. The van der Waals surface area contributed by atoms with Gasteiger partial charge in [0.05, 0.1) is 13.7 Å². The molecule has 30 heavy (non-hydrogen) atoms. The Morgan fingerprint density at radius 3 is 2.63 bits per heavy atom. The molecule has 1 aliphatic rings. The maximum atomic E-state index is 5.47. The summed E-state index contributed by atoms with van der Waals surface area (Å²) in [7, 11) is 1.64. The minimum atomic E-state index is 0.590. The van der Waals surface area contributed by atoms with Crippen molar-refractivity contribution < 1.29 is 9.26 Å². The van der Waals surface area contributed by atoms with Gasteiger partial charge in [-0.05, 0) is 31.2 Å². The number of aryl methyl sites for hydroxylation is 1. The average Bonchev–Trinajstić information content (AvgIpc) is 3.43. The van der Waals surface area contributed by atoms with Gasteiger partial charge in [-0.25, -0.2) is 4.98 Å². The Hall–Kier alpha value is -3.53. The number of ether oxygens (including phenoxy) is 1. The second-order valence-corrected chi connectivity index (χ2v) is 7.23. The second kappa shape index (κ2) is 7.71. The zero-order valence-electron chi connectivity index (χ0n) is 16.9. The molecule has 3 aromatic heterocycles.